The lowest BCUT2D eigenvalue weighted by atomic mass is 10.0. The fourth-order valence-electron chi connectivity index (χ4n) is 3.59. The molecule has 1 amide bonds. The summed E-state index contributed by atoms with van der Waals surface area (Å²) in [5, 5.41) is 3.11. The van der Waals surface area contributed by atoms with Crippen molar-refractivity contribution in [3.63, 3.8) is 0 Å². The molecule has 0 radical (unpaired) electrons. The number of rotatable bonds is 7. The van der Waals surface area contributed by atoms with Crippen LogP contribution in [-0.2, 0) is 0 Å². The van der Waals surface area contributed by atoms with Gasteiger partial charge in [0.05, 0.1) is 20.3 Å². The van der Waals surface area contributed by atoms with Crippen LogP contribution in [0, 0.1) is 6.92 Å². The van der Waals surface area contributed by atoms with E-state index in [1.165, 1.54) is 18.4 Å². The molecule has 0 spiro atoms. The fraction of sp³-hybridized carbons (Fsp3) is 0.409. The zero-order chi connectivity index (χ0) is 19.2. The summed E-state index contributed by atoms with van der Waals surface area (Å²) in [5.74, 6) is 1.50. The Hall–Kier alpha value is -2.53. The molecule has 1 aliphatic heterocycles. The number of amides is 1. The minimum atomic E-state index is -0.0778. The van der Waals surface area contributed by atoms with Gasteiger partial charge in [0.15, 0.2) is 0 Å². The van der Waals surface area contributed by atoms with Gasteiger partial charge in [0.1, 0.15) is 11.5 Å². The van der Waals surface area contributed by atoms with Gasteiger partial charge in [-0.3, -0.25) is 9.69 Å². The molecule has 0 aliphatic carbocycles. The molecule has 1 heterocycles. The maximum absolute atomic E-state index is 12.7. The summed E-state index contributed by atoms with van der Waals surface area (Å²) in [6.07, 6.45) is 2.41. The Balaban J connectivity index is 1.73. The highest BCUT2D eigenvalue weighted by atomic mass is 16.5. The molecule has 1 unspecified atom stereocenters. The smallest absolute Gasteiger partial charge is 0.251 e. The van der Waals surface area contributed by atoms with E-state index in [1.807, 2.05) is 31.2 Å². The summed E-state index contributed by atoms with van der Waals surface area (Å²) in [5.41, 5.74) is 2.83. The molecule has 1 N–H and O–H groups in total. The van der Waals surface area contributed by atoms with Gasteiger partial charge in [-0.1, -0.05) is 18.2 Å². The number of likely N-dealkylation sites (tertiary alicyclic amines) is 1. The number of nitrogens with one attached hydrogen (secondary N) is 1. The molecular weight excluding hydrogens is 340 g/mol. The lowest BCUT2D eigenvalue weighted by Gasteiger charge is -2.28. The number of ether oxygens (including phenoxy) is 2. The highest BCUT2D eigenvalue weighted by molar-refractivity contribution is 5.94. The third-order valence-electron chi connectivity index (χ3n) is 5.21. The molecule has 0 bridgehead atoms. The first kappa shape index (κ1) is 19.2. The average molecular weight is 368 g/mol. The van der Waals surface area contributed by atoms with Crippen LogP contribution in [0.25, 0.3) is 0 Å². The monoisotopic (exact) mass is 368 g/mol. The number of hydrogen-bond acceptors (Lipinski definition) is 4. The second-order valence-corrected chi connectivity index (χ2v) is 6.93. The maximum atomic E-state index is 12.7. The first-order valence-electron chi connectivity index (χ1n) is 9.43. The van der Waals surface area contributed by atoms with Crippen molar-refractivity contribution in [2.45, 2.75) is 25.8 Å². The summed E-state index contributed by atoms with van der Waals surface area (Å²) < 4.78 is 10.6. The van der Waals surface area contributed by atoms with Crippen LogP contribution in [0.2, 0.25) is 0 Å². The number of nitrogens with zero attached hydrogens (tertiary/aromatic N) is 1. The van der Waals surface area contributed by atoms with Crippen LogP contribution < -0.4 is 14.8 Å². The van der Waals surface area contributed by atoms with Crippen molar-refractivity contribution in [2.75, 3.05) is 33.9 Å². The van der Waals surface area contributed by atoms with Gasteiger partial charge < -0.3 is 14.8 Å². The summed E-state index contributed by atoms with van der Waals surface area (Å²) in [7, 11) is 3.29. The van der Waals surface area contributed by atoms with Crippen molar-refractivity contribution in [1.29, 1.82) is 0 Å². The molecule has 0 saturated carbocycles. The lowest BCUT2D eigenvalue weighted by Crippen LogP contribution is -2.36. The first-order chi connectivity index (χ1) is 13.1. The molecule has 0 aromatic heterocycles. The topological polar surface area (TPSA) is 50.8 Å². The number of carbonyl (C=O) groups is 1. The molecular formula is C22H28N2O3. The molecule has 1 saturated heterocycles. The maximum Gasteiger partial charge on any atom is 0.251 e. The number of aryl methyl sites for hydroxylation is 1. The minimum Gasteiger partial charge on any atom is -0.497 e. The molecule has 5 heteroatoms. The van der Waals surface area contributed by atoms with Crippen molar-refractivity contribution < 1.29 is 14.3 Å². The quantitative estimate of drug-likeness (QED) is 0.812. The summed E-state index contributed by atoms with van der Waals surface area (Å²) in [6.45, 7) is 4.66. The summed E-state index contributed by atoms with van der Waals surface area (Å²) in [6, 6.07) is 13.8. The SMILES string of the molecule is COc1ccc(C(CNC(=O)c2ccc(C)c(OC)c2)N2CCCC2)cc1. The predicted octanol–water partition coefficient (Wildman–Crippen LogP) is 3.58. The van der Waals surface area contributed by atoms with E-state index in [4.69, 9.17) is 9.47 Å². The van der Waals surface area contributed by atoms with Crippen LogP contribution >= 0.6 is 0 Å². The van der Waals surface area contributed by atoms with Gasteiger partial charge in [-0.05, 0) is 68.2 Å². The molecule has 144 valence electrons. The lowest BCUT2D eigenvalue weighted by molar-refractivity contribution is 0.0937. The predicted molar refractivity (Wildman–Crippen MR) is 107 cm³/mol. The van der Waals surface area contributed by atoms with Gasteiger partial charge in [-0.15, -0.1) is 0 Å². The van der Waals surface area contributed by atoms with Crippen molar-refractivity contribution in [2.24, 2.45) is 0 Å². The van der Waals surface area contributed by atoms with E-state index in [2.05, 4.69) is 22.3 Å². The van der Waals surface area contributed by atoms with Gasteiger partial charge in [-0.25, -0.2) is 0 Å². The second-order valence-electron chi connectivity index (χ2n) is 6.93. The molecule has 1 aliphatic rings. The van der Waals surface area contributed by atoms with Crippen LogP contribution in [0.5, 0.6) is 11.5 Å². The third kappa shape index (κ3) is 4.61. The van der Waals surface area contributed by atoms with Crippen LogP contribution in [0.3, 0.4) is 0 Å². The second kappa shape index (κ2) is 8.91. The Labute approximate surface area is 161 Å². The highest BCUT2D eigenvalue weighted by Gasteiger charge is 2.24. The highest BCUT2D eigenvalue weighted by Crippen LogP contribution is 2.26. The minimum absolute atomic E-state index is 0.0778. The van der Waals surface area contributed by atoms with Crippen molar-refractivity contribution >= 4 is 5.91 Å². The van der Waals surface area contributed by atoms with Gasteiger partial charge in [0.2, 0.25) is 0 Å². The van der Waals surface area contributed by atoms with Crippen molar-refractivity contribution in [3.8, 4) is 11.5 Å². The van der Waals surface area contributed by atoms with Gasteiger partial charge in [0, 0.05) is 12.1 Å². The van der Waals surface area contributed by atoms with Gasteiger partial charge in [0.25, 0.3) is 5.91 Å². The van der Waals surface area contributed by atoms with Crippen molar-refractivity contribution in [1.82, 2.24) is 10.2 Å². The summed E-state index contributed by atoms with van der Waals surface area (Å²) in [4.78, 5) is 15.1. The molecule has 1 fully saturated rings. The summed E-state index contributed by atoms with van der Waals surface area (Å²) >= 11 is 0. The Morgan fingerprint density at radius 3 is 2.41 bits per heavy atom. The fourth-order valence-corrected chi connectivity index (χ4v) is 3.59. The number of carbonyl (C=O) groups excluding carboxylic acids is 1. The Morgan fingerprint density at radius 1 is 1.07 bits per heavy atom. The van der Waals surface area contributed by atoms with Crippen LogP contribution in [-0.4, -0.2) is 44.7 Å². The van der Waals surface area contributed by atoms with E-state index < -0.39 is 0 Å². The normalized spacial score (nSPS) is 15.4. The molecule has 3 rings (SSSR count). The zero-order valence-corrected chi connectivity index (χ0v) is 16.3. The first-order valence-corrected chi connectivity index (χ1v) is 9.43. The molecule has 27 heavy (non-hydrogen) atoms. The van der Waals surface area contributed by atoms with E-state index in [9.17, 15) is 4.79 Å². The molecule has 5 nitrogen and oxygen atoms in total. The van der Waals surface area contributed by atoms with Crippen LogP contribution in [0.15, 0.2) is 42.5 Å². The molecule has 1 atom stereocenters. The largest absolute Gasteiger partial charge is 0.497 e. The average Bonchev–Trinajstić information content (AvgIpc) is 3.23. The Kier molecular flexibility index (Phi) is 6.35. The molecule has 2 aromatic rings. The molecule has 2 aromatic carbocycles. The van der Waals surface area contributed by atoms with E-state index in [1.54, 1.807) is 20.3 Å². The third-order valence-corrected chi connectivity index (χ3v) is 5.21. The zero-order valence-electron chi connectivity index (χ0n) is 16.3. The number of methoxy groups -OCH3 is 2. The van der Waals surface area contributed by atoms with E-state index in [0.717, 1.165) is 30.2 Å². The Morgan fingerprint density at radius 2 is 1.78 bits per heavy atom. The Bertz CT molecular complexity index is 768. The van der Waals surface area contributed by atoms with E-state index in [0.29, 0.717) is 12.1 Å². The standard InChI is InChI=1S/C22H28N2O3/c1-16-6-7-18(14-21(16)27-3)22(25)23-15-20(24-12-4-5-13-24)17-8-10-19(26-2)11-9-17/h6-11,14,20H,4-5,12-13,15H2,1-3H3,(H,23,25). The van der Waals surface area contributed by atoms with Gasteiger partial charge in [-0.2, -0.15) is 0 Å². The van der Waals surface area contributed by atoms with Crippen LogP contribution in [0.4, 0.5) is 0 Å². The van der Waals surface area contributed by atoms with E-state index in [-0.39, 0.29) is 11.9 Å². The number of hydrogen-bond donors (Lipinski definition) is 1. The number of benzene rings is 2. The van der Waals surface area contributed by atoms with Crippen molar-refractivity contribution in [3.05, 3.63) is 59.2 Å². The van der Waals surface area contributed by atoms with Crippen LogP contribution in [0.1, 0.15) is 40.4 Å². The van der Waals surface area contributed by atoms with Gasteiger partial charge >= 0.3 is 0 Å². The van der Waals surface area contributed by atoms with E-state index >= 15 is 0 Å².